The zero-order valence-electron chi connectivity index (χ0n) is 14.3. The zero-order chi connectivity index (χ0) is 16.9. The van der Waals surface area contributed by atoms with Crippen LogP contribution in [-0.4, -0.2) is 32.6 Å². The number of guanidine groups is 1. The van der Waals surface area contributed by atoms with Gasteiger partial charge in [0.1, 0.15) is 5.82 Å². The Labute approximate surface area is 160 Å². The first-order valence-corrected chi connectivity index (χ1v) is 7.92. The molecule has 1 aromatic carbocycles. The number of methoxy groups -OCH3 is 1. The van der Waals surface area contributed by atoms with E-state index in [0.717, 1.165) is 32.2 Å². The summed E-state index contributed by atoms with van der Waals surface area (Å²) in [7, 11) is 3.10. The van der Waals surface area contributed by atoms with E-state index in [1.54, 1.807) is 19.2 Å². The Hall–Kier alpha value is -1.38. The van der Waals surface area contributed by atoms with Crippen LogP contribution in [0.1, 0.15) is 37.7 Å². The van der Waals surface area contributed by atoms with Gasteiger partial charge in [-0.3, -0.25) is 9.79 Å². The molecule has 1 rings (SSSR count). The number of halogens is 2. The number of benzene rings is 1. The van der Waals surface area contributed by atoms with Crippen molar-refractivity contribution in [3.05, 3.63) is 35.6 Å². The summed E-state index contributed by atoms with van der Waals surface area (Å²) in [4.78, 5) is 15.1. The summed E-state index contributed by atoms with van der Waals surface area (Å²) in [5.74, 6) is 0.282. The highest BCUT2D eigenvalue weighted by Gasteiger charge is 2.02. The smallest absolute Gasteiger partial charge is 0.305 e. The molecule has 0 aliphatic heterocycles. The van der Waals surface area contributed by atoms with E-state index in [1.165, 1.54) is 13.2 Å². The first-order valence-electron chi connectivity index (χ1n) is 7.92. The van der Waals surface area contributed by atoms with Crippen molar-refractivity contribution in [2.45, 2.75) is 38.6 Å². The third-order valence-corrected chi connectivity index (χ3v) is 3.46. The topological polar surface area (TPSA) is 62.7 Å². The van der Waals surface area contributed by atoms with Gasteiger partial charge >= 0.3 is 5.97 Å². The van der Waals surface area contributed by atoms with Crippen molar-refractivity contribution in [3.63, 3.8) is 0 Å². The maximum Gasteiger partial charge on any atom is 0.305 e. The highest BCUT2D eigenvalue weighted by Crippen LogP contribution is 2.05. The Balaban J connectivity index is 0.00000529. The quantitative estimate of drug-likeness (QED) is 0.199. The molecule has 5 nitrogen and oxygen atoms in total. The van der Waals surface area contributed by atoms with Crippen LogP contribution in [0, 0.1) is 5.82 Å². The third-order valence-electron chi connectivity index (χ3n) is 3.46. The second-order valence-corrected chi connectivity index (χ2v) is 5.18. The lowest BCUT2D eigenvalue weighted by Gasteiger charge is -2.12. The number of nitrogens with zero attached hydrogens (tertiary/aromatic N) is 1. The first-order chi connectivity index (χ1) is 11.2. The third kappa shape index (κ3) is 9.69. The van der Waals surface area contributed by atoms with E-state index in [1.807, 2.05) is 6.07 Å². The van der Waals surface area contributed by atoms with Crippen molar-refractivity contribution >= 4 is 35.9 Å². The van der Waals surface area contributed by atoms with E-state index in [9.17, 15) is 9.18 Å². The van der Waals surface area contributed by atoms with E-state index < -0.39 is 0 Å². The predicted molar refractivity (Wildman–Crippen MR) is 105 cm³/mol. The second-order valence-electron chi connectivity index (χ2n) is 5.18. The molecule has 0 aliphatic rings. The summed E-state index contributed by atoms with van der Waals surface area (Å²) in [5, 5.41) is 6.28. The summed E-state index contributed by atoms with van der Waals surface area (Å²) in [5.41, 5.74) is 0.610. The Bertz CT molecular complexity index is 512. The Morgan fingerprint density at radius 2 is 1.88 bits per heavy atom. The molecule has 0 aliphatic carbocycles. The van der Waals surface area contributed by atoms with Crippen LogP contribution in [0.5, 0.6) is 0 Å². The number of nitrogens with one attached hydrogen (secondary N) is 2. The zero-order valence-corrected chi connectivity index (χ0v) is 16.6. The van der Waals surface area contributed by atoms with Crippen LogP contribution in [-0.2, 0) is 16.1 Å². The minimum Gasteiger partial charge on any atom is -0.469 e. The lowest BCUT2D eigenvalue weighted by Crippen LogP contribution is -2.37. The van der Waals surface area contributed by atoms with Gasteiger partial charge in [-0.25, -0.2) is 4.39 Å². The van der Waals surface area contributed by atoms with Crippen LogP contribution < -0.4 is 10.6 Å². The van der Waals surface area contributed by atoms with Crippen molar-refractivity contribution in [2.24, 2.45) is 4.99 Å². The molecule has 0 aromatic heterocycles. The van der Waals surface area contributed by atoms with Crippen LogP contribution in [0.25, 0.3) is 0 Å². The molecule has 1 aromatic rings. The van der Waals surface area contributed by atoms with Gasteiger partial charge in [0.05, 0.1) is 7.11 Å². The van der Waals surface area contributed by atoms with Gasteiger partial charge in [-0.15, -0.1) is 24.0 Å². The molecule has 0 atom stereocenters. The first kappa shape index (κ1) is 22.6. The molecule has 24 heavy (non-hydrogen) atoms. The molecule has 0 unspecified atom stereocenters. The molecule has 136 valence electrons. The fourth-order valence-corrected chi connectivity index (χ4v) is 2.10. The van der Waals surface area contributed by atoms with Crippen LogP contribution in [0.15, 0.2) is 29.3 Å². The summed E-state index contributed by atoms with van der Waals surface area (Å²) >= 11 is 0. The monoisotopic (exact) mass is 451 g/mol. The minimum absolute atomic E-state index is 0. The molecule has 0 saturated heterocycles. The van der Waals surface area contributed by atoms with Crippen LogP contribution in [0.2, 0.25) is 0 Å². The van der Waals surface area contributed by atoms with Gasteiger partial charge < -0.3 is 15.4 Å². The van der Waals surface area contributed by atoms with E-state index in [4.69, 9.17) is 0 Å². The van der Waals surface area contributed by atoms with Gasteiger partial charge in [0.2, 0.25) is 0 Å². The van der Waals surface area contributed by atoms with Crippen LogP contribution in [0.3, 0.4) is 0 Å². The minimum atomic E-state index is -0.221. The van der Waals surface area contributed by atoms with Crippen LogP contribution >= 0.6 is 24.0 Å². The summed E-state index contributed by atoms with van der Waals surface area (Å²) in [6, 6.07) is 6.68. The molecular formula is C17H27FIN3O2. The fraction of sp³-hybridized carbons (Fsp3) is 0.529. The van der Waals surface area contributed by atoms with Crippen molar-refractivity contribution in [1.29, 1.82) is 0 Å². The van der Waals surface area contributed by atoms with E-state index in [-0.39, 0.29) is 35.8 Å². The van der Waals surface area contributed by atoms with Crippen molar-refractivity contribution < 1.29 is 13.9 Å². The molecule has 0 spiro atoms. The molecule has 0 bridgehead atoms. The van der Waals surface area contributed by atoms with Gasteiger partial charge in [0.25, 0.3) is 0 Å². The molecule has 0 saturated carbocycles. The fourth-order valence-electron chi connectivity index (χ4n) is 2.10. The van der Waals surface area contributed by atoms with Crippen molar-refractivity contribution in [2.75, 3.05) is 20.7 Å². The maximum absolute atomic E-state index is 13.5. The maximum atomic E-state index is 13.5. The summed E-state index contributed by atoms with van der Waals surface area (Å²) in [6.07, 6.45) is 4.36. The SMILES string of the molecule is CN=C(NCCCCCCC(=O)OC)NCc1ccccc1F.I. The average Bonchev–Trinajstić information content (AvgIpc) is 2.57. The van der Waals surface area contributed by atoms with E-state index >= 15 is 0 Å². The number of hydrogen-bond donors (Lipinski definition) is 2. The van der Waals surface area contributed by atoms with Gasteiger partial charge in [0.15, 0.2) is 5.96 Å². The summed E-state index contributed by atoms with van der Waals surface area (Å²) in [6.45, 7) is 1.18. The standard InChI is InChI=1S/C17H26FN3O2.HI/c1-19-17(21-13-14-9-6-7-10-15(14)18)20-12-8-4-3-5-11-16(22)23-2;/h6-7,9-10H,3-5,8,11-13H2,1-2H3,(H2,19,20,21);1H. The molecule has 0 fully saturated rings. The largest absolute Gasteiger partial charge is 0.469 e. The highest BCUT2D eigenvalue weighted by molar-refractivity contribution is 14.0. The van der Waals surface area contributed by atoms with Crippen LogP contribution in [0.4, 0.5) is 4.39 Å². The lowest BCUT2D eigenvalue weighted by atomic mass is 10.1. The number of carbonyl (C=O) groups excluding carboxylic acids is 1. The second kappa shape index (κ2) is 14.0. The molecule has 7 heteroatoms. The van der Waals surface area contributed by atoms with Crippen molar-refractivity contribution in [1.82, 2.24) is 10.6 Å². The van der Waals surface area contributed by atoms with Gasteiger partial charge in [-0.1, -0.05) is 31.0 Å². The molecule has 0 heterocycles. The molecule has 0 amide bonds. The number of rotatable bonds is 9. The predicted octanol–water partition coefficient (Wildman–Crippen LogP) is 3.23. The summed E-state index contributed by atoms with van der Waals surface area (Å²) < 4.78 is 18.1. The van der Waals surface area contributed by atoms with E-state index in [2.05, 4.69) is 20.4 Å². The number of carbonyl (C=O) groups is 1. The number of aliphatic imine (C=N–C) groups is 1. The lowest BCUT2D eigenvalue weighted by molar-refractivity contribution is -0.140. The molecule has 0 radical (unpaired) electrons. The number of ether oxygens (including phenoxy) is 1. The van der Waals surface area contributed by atoms with Gasteiger partial charge in [-0.2, -0.15) is 0 Å². The van der Waals surface area contributed by atoms with Crippen molar-refractivity contribution in [3.8, 4) is 0 Å². The highest BCUT2D eigenvalue weighted by atomic mass is 127. The normalized spacial score (nSPS) is 10.7. The molecule has 2 N–H and O–H groups in total. The number of esters is 1. The average molecular weight is 451 g/mol. The van der Waals surface area contributed by atoms with Gasteiger partial charge in [-0.05, 0) is 18.9 Å². The Morgan fingerprint density at radius 1 is 1.17 bits per heavy atom. The Morgan fingerprint density at radius 3 is 2.54 bits per heavy atom. The number of hydrogen-bond acceptors (Lipinski definition) is 3. The Kier molecular flexibility index (Phi) is 13.2. The van der Waals surface area contributed by atoms with E-state index in [0.29, 0.717) is 24.5 Å². The number of unbranched alkanes of at least 4 members (excludes halogenated alkanes) is 3. The van der Waals surface area contributed by atoms with Gasteiger partial charge in [0, 0.05) is 32.1 Å². The molecular weight excluding hydrogens is 424 g/mol.